The lowest BCUT2D eigenvalue weighted by Gasteiger charge is -2.28. The van der Waals surface area contributed by atoms with Crippen molar-refractivity contribution < 1.29 is 13.6 Å². The van der Waals surface area contributed by atoms with Gasteiger partial charge in [-0.05, 0) is 42.4 Å². The summed E-state index contributed by atoms with van der Waals surface area (Å²) in [6.07, 6.45) is 1.09. The van der Waals surface area contributed by atoms with Crippen LogP contribution in [0.15, 0.2) is 24.3 Å². The molecule has 4 nitrogen and oxygen atoms in total. The SMILES string of the molecule is N#CC1CC(F)CN1C(=O)C(N)C1(Cc2ccc(F)cc2)CC1. The number of carbonyl (C=O) groups excluding carboxylic acids is 1. The van der Waals surface area contributed by atoms with E-state index in [1.165, 1.54) is 17.0 Å². The number of rotatable bonds is 4. The zero-order chi connectivity index (χ0) is 16.6. The Hall–Kier alpha value is -2.00. The molecule has 122 valence electrons. The Morgan fingerprint density at radius 1 is 1.43 bits per heavy atom. The Labute approximate surface area is 133 Å². The molecule has 0 spiro atoms. The lowest BCUT2D eigenvalue weighted by molar-refractivity contribution is -0.134. The number of nitriles is 1. The number of amides is 1. The maximum Gasteiger partial charge on any atom is 0.241 e. The molecule has 0 bridgehead atoms. The number of hydrogen-bond acceptors (Lipinski definition) is 3. The molecule has 2 aliphatic rings. The van der Waals surface area contributed by atoms with Crippen molar-refractivity contribution >= 4 is 5.91 Å². The highest BCUT2D eigenvalue weighted by atomic mass is 19.1. The minimum atomic E-state index is -1.16. The van der Waals surface area contributed by atoms with Crippen LogP contribution < -0.4 is 5.73 Å². The standard InChI is InChI=1S/C17H19F2N3O/c18-12-3-1-11(2-4-12)8-17(5-6-17)15(21)16(23)22-10-13(19)7-14(22)9-20/h1-4,13-15H,5-8,10,21H2. The average molecular weight is 319 g/mol. The van der Waals surface area contributed by atoms with Crippen LogP contribution >= 0.6 is 0 Å². The van der Waals surface area contributed by atoms with Crippen LogP contribution in [0.3, 0.4) is 0 Å². The second kappa shape index (κ2) is 5.89. The first-order valence-corrected chi connectivity index (χ1v) is 7.79. The molecular formula is C17H19F2N3O. The maximum absolute atomic E-state index is 13.5. The van der Waals surface area contributed by atoms with Gasteiger partial charge in [0.25, 0.3) is 0 Å². The van der Waals surface area contributed by atoms with Gasteiger partial charge in [0.05, 0.1) is 18.7 Å². The summed E-state index contributed by atoms with van der Waals surface area (Å²) in [7, 11) is 0. The molecule has 1 aliphatic heterocycles. The molecule has 6 heteroatoms. The molecule has 1 aromatic carbocycles. The van der Waals surface area contributed by atoms with Crippen LogP contribution in [0.1, 0.15) is 24.8 Å². The number of hydrogen-bond donors (Lipinski definition) is 1. The van der Waals surface area contributed by atoms with E-state index in [0.29, 0.717) is 6.42 Å². The minimum absolute atomic E-state index is 0.0555. The molecular weight excluding hydrogens is 300 g/mol. The zero-order valence-electron chi connectivity index (χ0n) is 12.7. The molecule has 3 rings (SSSR count). The van der Waals surface area contributed by atoms with E-state index in [-0.39, 0.29) is 30.1 Å². The molecule has 1 amide bonds. The van der Waals surface area contributed by atoms with E-state index in [1.807, 2.05) is 6.07 Å². The molecule has 1 saturated heterocycles. The number of benzene rings is 1. The van der Waals surface area contributed by atoms with Crippen molar-refractivity contribution in [1.29, 1.82) is 5.26 Å². The van der Waals surface area contributed by atoms with Crippen LogP contribution in [0.25, 0.3) is 0 Å². The third kappa shape index (κ3) is 3.06. The van der Waals surface area contributed by atoms with E-state index in [1.54, 1.807) is 12.1 Å². The first kappa shape index (κ1) is 15.9. The largest absolute Gasteiger partial charge is 0.322 e. The number of likely N-dealkylation sites (tertiary alicyclic amines) is 1. The lowest BCUT2D eigenvalue weighted by atomic mass is 9.88. The van der Waals surface area contributed by atoms with E-state index in [9.17, 15) is 13.6 Å². The molecule has 2 fully saturated rings. The van der Waals surface area contributed by atoms with Crippen LogP contribution in [-0.4, -0.2) is 35.6 Å². The minimum Gasteiger partial charge on any atom is -0.322 e. The lowest BCUT2D eigenvalue weighted by Crippen LogP contribution is -2.50. The van der Waals surface area contributed by atoms with Crippen molar-refractivity contribution in [2.45, 2.75) is 43.9 Å². The normalized spacial score (nSPS) is 26.6. The molecule has 1 saturated carbocycles. The molecule has 0 aromatic heterocycles. The average Bonchev–Trinajstić information content (AvgIpc) is 3.22. The Morgan fingerprint density at radius 3 is 2.65 bits per heavy atom. The first-order chi connectivity index (χ1) is 10.9. The second-order valence-electron chi connectivity index (χ2n) is 6.61. The van der Waals surface area contributed by atoms with Gasteiger partial charge in [-0.2, -0.15) is 5.26 Å². The monoisotopic (exact) mass is 319 g/mol. The van der Waals surface area contributed by atoms with Gasteiger partial charge in [-0.25, -0.2) is 8.78 Å². The summed E-state index contributed by atoms with van der Waals surface area (Å²) in [5, 5.41) is 9.08. The van der Waals surface area contributed by atoms with E-state index >= 15 is 0 Å². The van der Waals surface area contributed by atoms with Crippen LogP contribution in [0.5, 0.6) is 0 Å². The number of halogens is 2. The first-order valence-electron chi connectivity index (χ1n) is 7.79. The Balaban J connectivity index is 1.71. The smallest absolute Gasteiger partial charge is 0.241 e. The predicted molar refractivity (Wildman–Crippen MR) is 80.4 cm³/mol. The Kier molecular flexibility index (Phi) is 4.07. The summed E-state index contributed by atoms with van der Waals surface area (Å²) in [6, 6.07) is 6.65. The van der Waals surface area contributed by atoms with Crippen molar-refractivity contribution in [2.75, 3.05) is 6.54 Å². The summed E-state index contributed by atoms with van der Waals surface area (Å²) in [5.74, 6) is -0.654. The van der Waals surface area contributed by atoms with Crippen LogP contribution in [0.4, 0.5) is 8.78 Å². The van der Waals surface area contributed by atoms with Gasteiger partial charge in [0, 0.05) is 6.42 Å². The summed E-state index contributed by atoms with van der Waals surface area (Å²) < 4.78 is 26.5. The van der Waals surface area contributed by atoms with Gasteiger partial charge in [0.15, 0.2) is 0 Å². The number of alkyl halides is 1. The molecule has 0 radical (unpaired) electrons. The van der Waals surface area contributed by atoms with Gasteiger partial charge in [0.2, 0.25) is 5.91 Å². The molecule has 1 heterocycles. The van der Waals surface area contributed by atoms with Gasteiger partial charge in [-0.3, -0.25) is 4.79 Å². The molecule has 3 unspecified atom stereocenters. The fourth-order valence-corrected chi connectivity index (χ4v) is 3.36. The summed E-state index contributed by atoms with van der Waals surface area (Å²) in [6.45, 7) is -0.0581. The van der Waals surface area contributed by atoms with Crippen LogP contribution in [0.2, 0.25) is 0 Å². The van der Waals surface area contributed by atoms with Gasteiger partial charge in [-0.1, -0.05) is 12.1 Å². The quantitative estimate of drug-likeness (QED) is 0.922. The van der Waals surface area contributed by atoms with E-state index in [4.69, 9.17) is 11.0 Å². The molecule has 1 aliphatic carbocycles. The topological polar surface area (TPSA) is 70.1 Å². The highest BCUT2D eigenvalue weighted by Gasteiger charge is 2.52. The van der Waals surface area contributed by atoms with Gasteiger partial charge >= 0.3 is 0 Å². The number of nitrogens with two attached hydrogens (primary N) is 1. The van der Waals surface area contributed by atoms with Crippen molar-refractivity contribution in [3.05, 3.63) is 35.6 Å². The van der Waals surface area contributed by atoms with E-state index in [2.05, 4.69) is 0 Å². The molecule has 3 atom stereocenters. The molecule has 1 aromatic rings. The highest BCUT2D eigenvalue weighted by Crippen LogP contribution is 2.51. The maximum atomic E-state index is 13.5. The summed E-state index contributed by atoms with van der Waals surface area (Å²) in [5.41, 5.74) is 6.75. The van der Waals surface area contributed by atoms with E-state index < -0.39 is 18.3 Å². The van der Waals surface area contributed by atoms with Gasteiger partial charge in [0.1, 0.15) is 18.0 Å². The third-order valence-corrected chi connectivity index (χ3v) is 4.97. The highest BCUT2D eigenvalue weighted by molar-refractivity contribution is 5.84. The van der Waals surface area contributed by atoms with Crippen LogP contribution in [0, 0.1) is 22.6 Å². The van der Waals surface area contributed by atoms with Gasteiger partial charge in [-0.15, -0.1) is 0 Å². The van der Waals surface area contributed by atoms with Crippen molar-refractivity contribution in [2.24, 2.45) is 11.1 Å². The predicted octanol–water partition coefficient (Wildman–Crippen LogP) is 1.94. The van der Waals surface area contributed by atoms with E-state index in [0.717, 1.165) is 18.4 Å². The Bertz CT molecular complexity index is 636. The van der Waals surface area contributed by atoms with Crippen molar-refractivity contribution in [3.8, 4) is 6.07 Å². The van der Waals surface area contributed by atoms with Crippen LogP contribution in [-0.2, 0) is 11.2 Å². The Morgan fingerprint density at radius 2 is 2.09 bits per heavy atom. The second-order valence-corrected chi connectivity index (χ2v) is 6.61. The number of nitrogens with zero attached hydrogens (tertiary/aromatic N) is 2. The number of carbonyl (C=O) groups is 1. The third-order valence-electron chi connectivity index (χ3n) is 4.97. The van der Waals surface area contributed by atoms with Gasteiger partial charge < -0.3 is 10.6 Å². The summed E-state index contributed by atoms with van der Waals surface area (Å²) in [4.78, 5) is 13.9. The van der Waals surface area contributed by atoms with Crippen molar-refractivity contribution in [1.82, 2.24) is 4.90 Å². The zero-order valence-corrected chi connectivity index (χ0v) is 12.7. The summed E-state index contributed by atoms with van der Waals surface area (Å²) >= 11 is 0. The molecule has 2 N–H and O–H groups in total. The van der Waals surface area contributed by atoms with Crippen molar-refractivity contribution in [3.63, 3.8) is 0 Å². The molecule has 23 heavy (non-hydrogen) atoms. The fraction of sp³-hybridized carbons (Fsp3) is 0.529. The fourth-order valence-electron chi connectivity index (χ4n) is 3.36.